The van der Waals surface area contributed by atoms with Gasteiger partial charge in [0.05, 0.1) is 11.4 Å². The number of hydrogen-bond acceptors (Lipinski definition) is 4. The topological polar surface area (TPSA) is 46.9 Å². The normalized spacial score (nSPS) is 18.5. The van der Waals surface area contributed by atoms with Gasteiger partial charge in [-0.15, -0.1) is 17.9 Å². The van der Waals surface area contributed by atoms with Gasteiger partial charge < -0.3 is 5.32 Å². The second-order valence-electron chi connectivity index (χ2n) is 7.82. The molecule has 1 N–H and O–H groups in total. The van der Waals surface area contributed by atoms with Gasteiger partial charge in [-0.1, -0.05) is 30.3 Å². The number of allylic oxidation sites excluding steroid dienone is 1. The Labute approximate surface area is 168 Å². The average molecular weight is 392 g/mol. The van der Waals surface area contributed by atoms with Crippen molar-refractivity contribution in [3.05, 3.63) is 68.8 Å². The molecule has 2 aliphatic rings. The van der Waals surface area contributed by atoms with Crippen LogP contribution in [0, 0.1) is 0 Å². The monoisotopic (exact) mass is 391 g/mol. The number of fused-ring (bicyclic) bond motifs is 4. The molecule has 144 valence electrons. The van der Waals surface area contributed by atoms with Gasteiger partial charge in [0.1, 0.15) is 4.83 Å². The number of anilines is 1. The molecule has 4 nitrogen and oxygen atoms in total. The summed E-state index contributed by atoms with van der Waals surface area (Å²) in [5, 5.41) is 4.46. The zero-order chi connectivity index (χ0) is 19.1. The van der Waals surface area contributed by atoms with Gasteiger partial charge in [0.15, 0.2) is 0 Å². The molecule has 1 atom stereocenters. The summed E-state index contributed by atoms with van der Waals surface area (Å²) in [4.78, 5) is 20.6. The van der Waals surface area contributed by atoms with Crippen LogP contribution >= 0.6 is 11.3 Å². The van der Waals surface area contributed by atoms with E-state index >= 15 is 0 Å². The highest BCUT2D eigenvalue weighted by Gasteiger charge is 2.25. The van der Waals surface area contributed by atoms with Crippen molar-refractivity contribution >= 4 is 27.5 Å². The molecule has 0 aliphatic heterocycles. The second kappa shape index (κ2) is 7.21. The molecule has 2 aromatic heterocycles. The van der Waals surface area contributed by atoms with E-state index in [-0.39, 0.29) is 11.6 Å². The lowest BCUT2D eigenvalue weighted by Gasteiger charge is -2.27. The number of nitrogens with one attached hydrogen (secondary N) is 1. The van der Waals surface area contributed by atoms with Gasteiger partial charge in [0.2, 0.25) is 5.95 Å². The number of aromatic nitrogens is 2. The maximum Gasteiger partial charge on any atom is 0.264 e. The molecule has 28 heavy (non-hydrogen) atoms. The maximum absolute atomic E-state index is 13.4. The van der Waals surface area contributed by atoms with Crippen LogP contribution in [-0.4, -0.2) is 9.55 Å². The van der Waals surface area contributed by atoms with Crippen molar-refractivity contribution in [1.82, 2.24) is 9.55 Å². The molecule has 0 bridgehead atoms. The predicted molar refractivity (Wildman–Crippen MR) is 116 cm³/mol. The lowest BCUT2D eigenvalue weighted by molar-refractivity contribution is 0.589. The van der Waals surface area contributed by atoms with E-state index in [0.717, 1.165) is 42.3 Å². The predicted octanol–water partition coefficient (Wildman–Crippen LogP) is 5.01. The fourth-order valence-corrected chi connectivity index (χ4v) is 5.96. The van der Waals surface area contributed by atoms with Crippen LogP contribution in [0.3, 0.4) is 0 Å². The molecule has 1 unspecified atom stereocenters. The molecule has 0 radical (unpaired) electrons. The van der Waals surface area contributed by atoms with Crippen molar-refractivity contribution in [2.24, 2.45) is 0 Å². The van der Waals surface area contributed by atoms with Crippen LogP contribution in [0.5, 0.6) is 0 Å². The van der Waals surface area contributed by atoms with E-state index < -0.39 is 0 Å². The summed E-state index contributed by atoms with van der Waals surface area (Å²) in [6.07, 6.45) is 9.57. The van der Waals surface area contributed by atoms with Crippen LogP contribution in [0.4, 0.5) is 5.95 Å². The van der Waals surface area contributed by atoms with Gasteiger partial charge in [-0.05, 0) is 61.6 Å². The van der Waals surface area contributed by atoms with Crippen LogP contribution < -0.4 is 10.9 Å². The SMILES string of the molecule is C=CCn1c(NC2CCCc3ccccc32)nc2sc3c(c2c1=O)CCCC3. The van der Waals surface area contributed by atoms with E-state index in [4.69, 9.17) is 4.98 Å². The molecule has 0 fully saturated rings. The minimum Gasteiger partial charge on any atom is -0.349 e. The second-order valence-corrected chi connectivity index (χ2v) is 8.90. The molecule has 2 heterocycles. The third kappa shape index (κ3) is 2.89. The lowest BCUT2D eigenvalue weighted by Crippen LogP contribution is -2.27. The third-order valence-electron chi connectivity index (χ3n) is 6.06. The summed E-state index contributed by atoms with van der Waals surface area (Å²) in [6, 6.07) is 8.81. The minimum absolute atomic E-state index is 0.0795. The number of hydrogen-bond donors (Lipinski definition) is 1. The first kappa shape index (κ1) is 17.7. The van der Waals surface area contributed by atoms with Crippen molar-refractivity contribution in [3.63, 3.8) is 0 Å². The highest BCUT2D eigenvalue weighted by atomic mass is 32.1. The molecule has 0 saturated carbocycles. The molecule has 0 amide bonds. The average Bonchev–Trinajstić information content (AvgIpc) is 3.09. The zero-order valence-corrected chi connectivity index (χ0v) is 16.9. The Morgan fingerprint density at radius 3 is 2.96 bits per heavy atom. The zero-order valence-electron chi connectivity index (χ0n) is 16.0. The van der Waals surface area contributed by atoms with Crippen molar-refractivity contribution in [3.8, 4) is 0 Å². The lowest BCUT2D eigenvalue weighted by atomic mass is 9.88. The summed E-state index contributed by atoms with van der Waals surface area (Å²) in [6.45, 7) is 4.34. The van der Waals surface area contributed by atoms with Gasteiger partial charge in [0.25, 0.3) is 5.56 Å². The van der Waals surface area contributed by atoms with Crippen LogP contribution in [0.1, 0.15) is 53.3 Å². The first-order chi connectivity index (χ1) is 13.8. The maximum atomic E-state index is 13.4. The Bertz CT molecular complexity index is 1110. The Morgan fingerprint density at radius 1 is 1.21 bits per heavy atom. The molecule has 5 heteroatoms. The molecule has 5 rings (SSSR count). The first-order valence-corrected chi connectivity index (χ1v) is 11.1. The number of benzene rings is 1. The Balaban J connectivity index is 1.62. The van der Waals surface area contributed by atoms with E-state index in [9.17, 15) is 4.79 Å². The summed E-state index contributed by atoms with van der Waals surface area (Å²) >= 11 is 1.71. The summed E-state index contributed by atoms with van der Waals surface area (Å²) in [5.74, 6) is 0.678. The Hall–Kier alpha value is -2.40. The molecular weight excluding hydrogens is 366 g/mol. The number of nitrogens with zero attached hydrogens (tertiary/aromatic N) is 2. The molecule has 0 saturated heterocycles. The van der Waals surface area contributed by atoms with Crippen LogP contribution in [0.25, 0.3) is 10.2 Å². The van der Waals surface area contributed by atoms with Gasteiger partial charge in [-0.25, -0.2) is 4.98 Å². The number of rotatable bonds is 4. The van der Waals surface area contributed by atoms with Crippen LogP contribution in [0.2, 0.25) is 0 Å². The number of thiophene rings is 1. The van der Waals surface area contributed by atoms with Crippen LogP contribution in [0.15, 0.2) is 41.7 Å². The highest BCUT2D eigenvalue weighted by molar-refractivity contribution is 7.18. The van der Waals surface area contributed by atoms with E-state index in [2.05, 4.69) is 36.2 Å². The molecular formula is C23H25N3OS. The Kier molecular flexibility index (Phi) is 4.55. The summed E-state index contributed by atoms with van der Waals surface area (Å²) < 4.78 is 1.77. The van der Waals surface area contributed by atoms with Gasteiger partial charge >= 0.3 is 0 Å². The fraction of sp³-hybridized carbons (Fsp3) is 0.391. The standard InChI is InChI=1S/C23H25N3OS/c1-2-14-26-22(27)20-17-11-5-6-13-19(17)28-21(20)25-23(26)24-18-12-7-9-15-8-3-4-10-16(15)18/h2-4,8,10,18H,1,5-7,9,11-14H2,(H,24,25). The first-order valence-electron chi connectivity index (χ1n) is 10.3. The summed E-state index contributed by atoms with van der Waals surface area (Å²) in [7, 11) is 0. The Morgan fingerprint density at radius 2 is 2.07 bits per heavy atom. The van der Waals surface area contributed by atoms with Crippen LogP contribution in [-0.2, 0) is 25.8 Å². The van der Waals surface area contributed by atoms with Crippen molar-refractivity contribution in [2.45, 2.75) is 57.5 Å². The van der Waals surface area contributed by atoms with Gasteiger partial charge in [0, 0.05) is 11.4 Å². The van der Waals surface area contributed by atoms with Crippen molar-refractivity contribution in [1.29, 1.82) is 0 Å². The van der Waals surface area contributed by atoms with E-state index in [0.29, 0.717) is 12.5 Å². The number of aryl methyl sites for hydroxylation is 3. The van der Waals surface area contributed by atoms with Crippen molar-refractivity contribution in [2.75, 3.05) is 5.32 Å². The molecule has 2 aliphatic carbocycles. The van der Waals surface area contributed by atoms with E-state index in [1.165, 1.54) is 34.4 Å². The quantitative estimate of drug-likeness (QED) is 0.636. The minimum atomic E-state index is 0.0795. The summed E-state index contributed by atoms with van der Waals surface area (Å²) in [5.41, 5.74) is 4.06. The largest absolute Gasteiger partial charge is 0.349 e. The third-order valence-corrected chi connectivity index (χ3v) is 7.24. The fourth-order valence-electron chi connectivity index (χ4n) is 4.71. The van der Waals surface area contributed by atoms with E-state index in [1.54, 1.807) is 22.0 Å². The van der Waals surface area contributed by atoms with E-state index in [1.807, 2.05) is 0 Å². The molecule has 1 aromatic carbocycles. The molecule has 0 spiro atoms. The smallest absolute Gasteiger partial charge is 0.264 e. The highest BCUT2D eigenvalue weighted by Crippen LogP contribution is 2.36. The van der Waals surface area contributed by atoms with Crippen molar-refractivity contribution < 1.29 is 0 Å². The molecule has 3 aromatic rings. The van der Waals surface area contributed by atoms with Gasteiger partial charge in [-0.2, -0.15) is 0 Å². The van der Waals surface area contributed by atoms with Gasteiger partial charge in [-0.3, -0.25) is 9.36 Å².